The summed E-state index contributed by atoms with van der Waals surface area (Å²) in [4.78, 5) is 19.0. The molecular weight excluding hydrogens is 505 g/mol. The molecule has 1 aromatic carbocycles. The fraction of sp³-hybridized carbons (Fsp3) is 0.579. The van der Waals surface area contributed by atoms with Crippen molar-refractivity contribution in [2.24, 2.45) is 15.5 Å². The van der Waals surface area contributed by atoms with Crippen molar-refractivity contribution in [2.75, 3.05) is 27.2 Å². The quantitative estimate of drug-likeness (QED) is 0.278. The van der Waals surface area contributed by atoms with Crippen molar-refractivity contribution < 1.29 is 13.2 Å². The van der Waals surface area contributed by atoms with Crippen molar-refractivity contribution in [3.05, 3.63) is 29.8 Å². The van der Waals surface area contributed by atoms with Crippen molar-refractivity contribution in [3.8, 4) is 0 Å². The number of nitrogens with two attached hydrogens (primary N) is 1. The van der Waals surface area contributed by atoms with E-state index in [-0.39, 0.29) is 34.8 Å². The van der Waals surface area contributed by atoms with Crippen LogP contribution in [-0.4, -0.2) is 52.4 Å². The maximum absolute atomic E-state index is 12.7. The Morgan fingerprint density at radius 2 is 1.90 bits per heavy atom. The second kappa shape index (κ2) is 11.1. The van der Waals surface area contributed by atoms with Crippen LogP contribution in [0.5, 0.6) is 0 Å². The molecular formula is C19H32IN5O3S. The summed E-state index contributed by atoms with van der Waals surface area (Å²) in [6.07, 6.45) is 3.84. The fourth-order valence-corrected chi connectivity index (χ4v) is 4.16. The highest BCUT2D eigenvalue weighted by Gasteiger charge is 2.42. The second-order valence-electron chi connectivity index (χ2n) is 7.43. The molecule has 4 N–H and O–H groups in total. The largest absolute Gasteiger partial charge is 0.357 e. The Morgan fingerprint density at radius 1 is 1.24 bits per heavy atom. The Bertz CT molecular complexity index is 821. The number of hydrogen-bond acceptors (Lipinski definition) is 4. The number of hydrogen-bond donors (Lipinski definition) is 3. The first-order valence-electron chi connectivity index (χ1n) is 9.53. The lowest BCUT2D eigenvalue weighted by Gasteiger charge is -2.31. The molecule has 2 rings (SSSR count). The first kappa shape index (κ1) is 25.6. The van der Waals surface area contributed by atoms with E-state index in [1.165, 1.54) is 12.1 Å². The van der Waals surface area contributed by atoms with Crippen LogP contribution in [0.15, 0.2) is 34.2 Å². The Balaban J connectivity index is 0.00000420. The molecule has 1 amide bonds. The minimum atomic E-state index is -3.74. The number of sulfonamides is 1. The van der Waals surface area contributed by atoms with Gasteiger partial charge in [-0.25, -0.2) is 18.5 Å². The summed E-state index contributed by atoms with van der Waals surface area (Å²) in [7, 11) is -0.159. The Morgan fingerprint density at radius 3 is 2.45 bits per heavy atom. The molecule has 0 unspecified atom stereocenters. The van der Waals surface area contributed by atoms with Crippen LogP contribution in [0.3, 0.4) is 0 Å². The second-order valence-corrected chi connectivity index (χ2v) is 8.99. The standard InChI is InChI=1S/C19H31N5O3S.HI/c1-4-21-18(22-13-15-8-7-9-16(12-15)28(20,26)27)23-14-19(10-5-6-11-19)17(25)24(2)3;/h7-9,12H,4-6,10-11,13-14H2,1-3H3,(H2,20,26,27)(H2,21,22,23);1H. The van der Waals surface area contributed by atoms with Crippen LogP contribution < -0.4 is 15.8 Å². The number of guanidine groups is 1. The molecule has 0 radical (unpaired) electrons. The van der Waals surface area contributed by atoms with Gasteiger partial charge in [0.2, 0.25) is 15.9 Å². The third-order valence-corrected chi connectivity index (χ3v) is 5.92. The predicted octanol–water partition coefficient (Wildman–Crippen LogP) is 1.66. The molecule has 10 heteroatoms. The normalized spacial score (nSPS) is 16.1. The molecule has 8 nitrogen and oxygen atoms in total. The van der Waals surface area contributed by atoms with Crippen molar-refractivity contribution in [1.29, 1.82) is 0 Å². The molecule has 1 fully saturated rings. The molecule has 0 heterocycles. The average Bonchev–Trinajstić information content (AvgIpc) is 3.13. The van der Waals surface area contributed by atoms with E-state index in [0.717, 1.165) is 31.2 Å². The summed E-state index contributed by atoms with van der Waals surface area (Å²) < 4.78 is 23.0. The molecule has 0 aliphatic heterocycles. The van der Waals surface area contributed by atoms with Crippen LogP contribution in [-0.2, 0) is 21.4 Å². The first-order valence-corrected chi connectivity index (χ1v) is 11.1. The summed E-state index contributed by atoms with van der Waals surface area (Å²) in [6.45, 7) is 3.47. The van der Waals surface area contributed by atoms with Gasteiger partial charge in [0.25, 0.3) is 0 Å². The number of aliphatic imine (C=N–C) groups is 1. The molecule has 0 atom stereocenters. The number of carbonyl (C=O) groups excluding carboxylic acids is 1. The molecule has 29 heavy (non-hydrogen) atoms. The van der Waals surface area contributed by atoms with E-state index in [1.807, 2.05) is 6.92 Å². The lowest BCUT2D eigenvalue weighted by molar-refractivity contribution is -0.138. The van der Waals surface area contributed by atoms with Gasteiger partial charge in [-0.1, -0.05) is 25.0 Å². The molecule has 0 aromatic heterocycles. The first-order chi connectivity index (χ1) is 13.2. The Labute approximate surface area is 190 Å². The van der Waals surface area contributed by atoms with E-state index in [2.05, 4.69) is 15.6 Å². The summed E-state index contributed by atoms with van der Waals surface area (Å²) >= 11 is 0. The van der Waals surface area contributed by atoms with Gasteiger partial charge in [0.1, 0.15) is 0 Å². The van der Waals surface area contributed by atoms with Crippen molar-refractivity contribution in [3.63, 3.8) is 0 Å². The van der Waals surface area contributed by atoms with Crippen LogP contribution >= 0.6 is 24.0 Å². The molecule has 1 aliphatic rings. The van der Waals surface area contributed by atoms with Gasteiger partial charge in [-0.2, -0.15) is 0 Å². The van der Waals surface area contributed by atoms with Crippen LogP contribution in [0, 0.1) is 5.41 Å². The number of nitrogens with one attached hydrogen (secondary N) is 2. The van der Waals surface area contributed by atoms with Gasteiger partial charge in [0, 0.05) is 27.2 Å². The zero-order valence-corrected chi connectivity index (χ0v) is 20.4. The van der Waals surface area contributed by atoms with E-state index in [1.54, 1.807) is 31.1 Å². The van der Waals surface area contributed by atoms with Gasteiger partial charge < -0.3 is 15.5 Å². The van der Waals surface area contributed by atoms with Gasteiger partial charge in [0.15, 0.2) is 5.96 Å². The SMILES string of the molecule is CCNC(=NCc1cccc(S(N)(=O)=O)c1)NCC1(C(=O)N(C)C)CCCC1.I. The highest BCUT2D eigenvalue weighted by atomic mass is 127. The maximum Gasteiger partial charge on any atom is 0.238 e. The summed E-state index contributed by atoms with van der Waals surface area (Å²) in [5.41, 5.74) is 0.344. The molecule has 0 saturated heterocycles. The molecule has 0 bridgehead atoms. The number of amides is 1. The molecule has 1 aliphatic carbocycles. The van der Waals surface area contributed by atoms with Gasteiger partial charge in [-0.05, 0) is 37.5 Å². The summed E-state index contributed by atoms with van der Waals surface area (Å²) in [6, 6.07) is 6.43. The van der Waals surface area contributed by atoms with Gasteiger partial charge in [0.05, 0.1) is 16.9 Å². The van der Waals surface area contributed by atoms with Crippen molar-refractivity contribution in [2.45, 2.75) is 44.0 Å². The number of benzene rings is 1. The summed E-state index contributed by atoms with van der Waals surface area (Å²) in [5, 5.41) is 11.7. The fourth-order valence-electron chi connectivity index (χ4n) is 3.58. The highest BCUT2D eigenvalue weighted by Crippen LogP contribution is 2.38. The number of primary sulfonamides is 1. The third-order valence-electron chi connectivity index (χ3n) is 5.01. The van der Waals surface area contributed by atoms with E-state index >= 15 is 0 Å². The van der Waals surface area contributed by atoms with E-state index < -0.39 is 15.4 Å². The maximum atomic E-state index is 12.7. The van der Waals surface area contributed by atoms with Crippen LogP contribution in [0.4, 0.5) is 0 Å². The van der Waals surface area contributed by atoms with Crippen LogP contribution in [0.1, 0.15) is 38.2 Å². The van der Waals surface area contributed by atoms with Gasteiger partial charge in [-0.15, -0.1) is 24.0 Å². The van der Waals surface area contributed by atoms with Crippen LogP contribution in [0.2, 0.25) is 0 Å². The number of nitrogens with zero attached hydrogens (tertiary/aromatic N) is 2. The topological polar surface area (TPSA) is 117 Å². The smallest absolute Gasteiger partial charge is 0.238 e. The zero-order valence-electron chi connectivity index (χ0n) is 17.3. The third kappa shape index (κ3) is 7.10. The van der Waals surface area contributed by atoms with Crippen molar-refractivity contribution >= 4 is 45.9 Å². The van der Waals surface area contributed by atoms with Crippen molar-refractivity contribution in [1.82, 2.24) is 15.5 Å². The van der Waals surface area contributed by atoms with Crippen LogP contribution in [0.25, 0.3) is 0 Å². The lowest BCUT2D eigenvalue weighted by atomic mass is 9.84. The molecule has 1 saturated carbocycles. The van der Waals surface area contributed by atoms with E-state index in [0.29, 0.717) is 25.6 Å². The van der Waals surface area contributed by atoms with E-state index in [9.17, 15) is 13.2 Å². The molecule has 0 spiro atoms. The number of halogens is 1. The minimum absolute atomic E-state index is 0. The molecule has 164 valence electrons. The zero-order chi connectivity index (χ0) is 20.8. The lowest BCUT2D eigenvalue weighted by Crippen LogP contribution is -2.49. The molecule has 1 aromatic rings. The average molecular weight is 537 g/mol. The van der Waals surface area contributed by atoms with E-state index in [4.69, 9.17) is 5.14 Å². The monoisotopic (exact) mass is 537 g/mol. The number of carbonyl (C=O) groups is 1. The van der Waals surface area contributed by atoms with Gasteiger partial charge >= 0.3 is 0 Å². The Kier molecular flexibility index (Phi) is 9.83. The predicted molar refractivity (Wildman–Crippen MR) is 126 cm³/mol. The summed E-state index contributed by atoms with van der Waals surface area (Å²) in [5.74, 6) is 0.746. The Hall–Kier alpha value is -1.40. The highest BCUT2D eigenvalue weighted by molar-refractivity contribution is 14.0. The number of rotatable bonds is 7. The minimum Gasteiger partial charge on any atom is -0.357 e. The van der Waals surface area contributed by atoms with Gasteiger partial charge in [-0.3, -0.25) is 4.79 Å².